The van der Waals surface area contributed by atoms with Crippen LogP contribution in [0.2, 0.25) is 0 Å². The largest absolute Gasteiger partial charge is 0.497 e. The second-order valence-electron chi connectivity index (χ2n) is 8.82. The van der Waals surface area contributed by atoms with E-state index in [0.29, 0.717) is 55.2 Å². The van der Waals surface area contributed by atoms with Gasteiger partial charge in [0.15, 0.2) is 27.2 Å². The van der Waals surface area contributed by atoms with Crippen molar-refractivity contribution in [1.82, 2.24) is 14.9 Å². The van der Waals surface area contributed by atoms with E-state index < -0.39 is 15.7 Å². The van der Waals surface area contributed by atoms with Gasteiger partial charge in [0.25, 0.3) is 0 Å². The Morgan fingerprint density at radius 2 is 1.76 bits per heavy atom. The van der Waals surface area contributed by atoms with Crippen molar-refractivity contribution in [3.8, 4) is 23.3 Å². The number of Topliss-reactive ketones (excluding diaryl/α,β-unsaturated/α-hetero) is 1. The number of likely N-dealkylation sites (tertiary alicyclic amines) is 1. The van der Waals surface area contributed by atoms with E-state index in [9.17, 15) is 17.6 Å². The number of carbonyl (C=O) groups is 1. The monoisotopic (exact) mass is 529 g/mol. The molecule has 4 rings (SSSR count). The van der Waals surface area contributed by atoms with Crippen LogP contribution in [0, 0.1) is 12.7 Å². The van der Waals surface area contributed by atoms with Crippen molar-refractivity contribution in [2.24, 2.45) is 0 Å². The fraction of sp³-hybridized carbons (Fsp3) is 0.346. The number of ether oxygens (including phenoxy) is 3. The Balaban J connectivity index is 1.34. The quantitative estimate of drug-likeness (QED) is 0.382. The number of aromatic nitrogens is 2. The maximum atomic E-state index is 14.4. The Morgan fingerprint density at radius 3 is 2.38 bits per heavy atom. The molecule has 0 amide bonds. The van der Waals surface area contributed by atoms with Crippen LogP contribution >= 0.6 is 0 Å². The van der Waals surface area contributed by atoms with Gasteiger partial charge >= 0.3 is 0 Å². The molecule has 0 spiro atoms. The summed E-state index contributed by atoms with van der Waals surface area (Å²) in [5.41, 5.74) is 1.14. The van der Waals surface area contributed by atoms with Crippen molar-refractivity contribution < 1.29 is 31.8 Å². The van der Waals surface area contributed by atoms with Gasteiger partial charge in [-0.05, 0) is 62.2 Å². The van der Waals surface area contributed by atoms with E-state index >= 15 is 0 Å². The molecule has 0 unspecified atom stereocenters. The number of hydrogen-bond acceptors (Lipinski definition) is 9. The summed E-state index contributed by atoms with van der Waals surface area (Å²) in [5, 5.41) is 0. The molecule has 1 saturated heterocycles. The molecule has 1 aromatic heterocycles. The highest BCUT2D eigenvalue weighted by Gasteiger charge is 2.24. The first kappa shape index (κ1) is 26.5. The summed E-state index contributed by atoms with van der Waals surface area (Å²) in [6, 6.07) is 10.5. The summed E-state index contributed by atoms with van der Waals surface area (Å²) in [7, 11) is -1.96. The first-order valence-corrected chi connectivity index (χ1v) is 13.6. The predicted molar refractivity (Wildman–Crippen MR) is 134 cm³/mol. The van der Waals surface area contributed by atoms with Gasteiger partial charge in [0.2, 0.25) is 11.8 Å². The van der Waals surface area contributed by atoms with Crippen molar-refractivity contribution in [3.05, 3.63) is 65.7 Å². The lowest BCUT2D eigenvalue weighted by Crippen LogP contribution is -2.41. The van der Waals surface area contributed by atoms with Crippen LogP contribution in [-0.2, 0) is 9.84 Å². The van der Waals surface area contributed by atoms with E-state index in [4.69, 9.17) is 14.2 Å². The summed E-state index contributed by atoms with van der Waals surface area (Å²) in [6.45, 7) is 3.42. The lowest BCUT2D eigenvalue weighted by molar-refractivity contribution is 0.0774. The molecule has 37 heavy (non-hydrogen) atoms. The number of hydrogen-bond donors (Lipinski definition) is 0. The van der Waals surface area contributed by atoms with Gasteiger partial charge in [-0.3, -0.25) is 9.69 Å². The topological polar surface area (TPSA) is 108 Å². The molecule has 11 heteroatoms. The minimum absolute atomic E-state index is 0.0484. The van der Waals surface area contributed by atoms with E-state index in [1.54, 1.807) is 38.3 Å². The summed E-state index contributed by atoms with van der Waals surface area (Å²) in [4.78, 5) is 22.8. The van der Waals surface area contributed by atoms with Crippen molar-refractivity contribution in [2.45, 2.75) is 30.8 Å². The van der Waals surface area contributed by atoms with Crippen LogP contribution in [0.1, 0.15) is 28.8 Å². The first-order valence-electron chi connectivity index (χ1n) is 11.7. The van der Waals surface area contributed by atoms with Gasteiger partial charge in [-0.15, -0.1) is 0 Å². The number of halogens is 1. The molecule has 0 N–H and O–H groups in total. The molecule has 1 aliphatic heterocycles. The summed E-state index contributed by atoms with van der Waals surface area (Å²) >= 11 is 0. The Kier molecular flexibility index (Phi) is 8.03. The van der Waals surface area contributed by atoms with E-state index in [0.717, 1.165) is 12.3 Å². The van der Waals surface area contributed by atoms with Crippen molar-refractivity contribution in [1.29, 1.82) is 0 Å². The Labute approximate surface area is 215 Å². The van der Waals surface area contributed by atoms with E-state index in [1.165, 1.54) is 18.5 Å². The fourth-order valence-electron chi connectivity index (χ4n) is 3.95. The van der Waals surface area contributed by atoms with Crippen LogP contribution in [0.25, 0.3) is 0 Å². The standard InChI is InChI=1S/C26H28FN3O6S/c1-17-25(28-16-29-26(17)36-24-9-8-21(14-22(24)27)37(3,32)33)35-20-10-12-30(13-11-20)15-23(31)18-4-6-19(34-2)7-5-18/h4-9,14,16,20H,10-13,15H2,1-3H3. The van der Waals surface area contributed by atoms with Crippen LogP contribution in [0.15, 0.2) is 53.7 Å². The first-order chi connectivity index (χ1) is 17.6. The molecule has 0 bridgehead atoms. The molecule has 1 fully saturated rings. The number of methoxy groups -OCH3 is 1. The van der Waals surface area contributed by atoms with Gasteiger partial charge in [0.1, 0.15) is 18.2 Å². The van der Waals surface area contributed by atoms with Crippen molar-refractivity contribution >= 4 is 15.6 Å². The summed E-state index contributed by atoms with van der Waals surface area (Å²) in [5.74, 6) is 0.213. The molecule has 0 saturated carbocycles. The smallest absolute Gasteiger partial charge is 0.229 e. The molecule has 2 heterocycles. The maximum absolute atomic E-state index is 14.4. The second-order valence-corrected chi connectivity index (χ2v) is 10.8. The highest BCUT2D eigenvalue weighted by molar-refractivity contribution is 7.90. The van der Waals surface area contributed by atoms with Crippen LogP contribution in [0.4, 0.5) is 4.39 Å². The van der Waals surface area contributed by atoms with E-state index in [1.807, 2.05) is 0 Å². The van der Waals surface area contributed by atoms with Crippen LogP contribution in [0.3, 0.4) is 0 Å². The van der Waals surface area contributed by atoms with Gasteiger partial charge in [0.05, 0.1) is 24.1 Å². The van der Waals surface area contributed by atoms with Crippen LogP contribution < -0.4 is 14.2 Å². The van der Waals surface area contributed by atoms with Gasteiger partial charge in [-0.25, -0.2) is 22.8 Å². The minimum Gasteiger partial charge on any atom is -0.497 e. The number of ketones is 1. The third kappa shape index (κ3) is 6.60. The van der Waals surface area contributed by atoms with E-state index in [-0.39, 0.29) is 28.4 Å². The Morgan fingerprint density at radius 1 is 1.08 bits per heavy atom. The predicted octanol–water partition coefficient (Wildman–Crippen LogP) is 3.85. The van der Waals surface area contributed by atoms with E-state index in [2.05, 4.69) is 14.9 Å². The van der Waals surface area contributed by atoms with Crippen LogP contribution in [0.5, 0.6) is 23.3 Å². The highest BCUT2D eigenvalue weighted by atomic mass is 32.2. The Bertz CT molecular complexity index is 1370. The number of rotatable bonds is 9. The summed E-state index contributed by atoms with van der Waals surface area (Å²) in [6.07, 6.45) is 3.57. The number of nitrogens with zero attached hydrogens (tertiary/aromatic N) is 3. The molecule has 9 nitrogen and oxygen atoms in total. The molecular formula is C26H28FN3O6S. The third-order valence-corrected chi connectivity index (χ3v) is 7.23. The normalized spacial score (nSPS) is 14.8. The van der Waals surface area contributed by atoms with Gasteiger partial charge in [-0.1, -0.05) is 0 Å². The van der Waals surface area contributed by atoms with Crippen molar-refractivity contribution in [2.75, 3.05) is 33.0 Å². The lowest BCUT2D eigenvalue weighted by atomic mass is 10.1. The lowest BCUT2D eigenvalue weighted by Gasteiger charge is -2.31. The molecule has 196 valence electrons. The number of carbonyl (C=O) groups excluding carboxylic acids is 1. The van der Waals surface area contributed by atoms with Crippen LogP contribution in [-0.4, -0.2) is 68.2 Å². The fourth-order valence-corrected chi connectivity index (χ4v) is 4.59. The van der Waals surface area contributed by atoms with Crippen molar-refractivity contribution in [3.63, 3.8) is 0 Å². The summed E-state index contributed by atoms with van der Waals surface area (Å²) < 4.78 is 54.5. The number of sulfone groups is 1. The molecule has 3 aromatic rings. The molecule has 0 aliphatic carbocycles. The number of piperidine rings is 1. The van der Waals surface area contributed by atoms with Gasteiger partial charge in [-0.2, -0.15) is 0 Å². The minimum atomic E-state index is -3.54. The average Bonchev–Trinajstić information content (AvgIpc) is 2.88. The average molecular weight is 530 g/mol. The zero-order valence-electron chi connectivity index (χ0n) is 20.8. The second kappa shape index (κ2) is 11.2. The maximum Gasteiger partial charge on any atom is 0.229 e. The molecular weight excluding hydrogens is 501 g/mol. The number of benzene rings is 2. The third-order valence-electron chi connectivity index (χ3n) is 6.12. The zero-order valence-corrected chi connectivity index (χ0v) is 21.6. The molecule has 0 atom stereocenters. The Hall–Kier alpha value is -3.57. The zero-order chi connectivity index (χ0) is 26.6. The molecule has 2 aromatic carbocycles. The molecule has 0 radical (unpaired) electrons. The van der Waals surface area contributed by atoms with Gasteiger partial charge in [0, 0.05) is 24.9 Å². The van der Waals surface area contributed by atoms with Gasteiger partial charge < -0.3 is 14.2 Å². The molecule has 1 aliphatic rings. The highest BCUT2D eigenvalue weighted by Crippen LogP contribution is 2.31. The SMILES string of the molecule is COc1ccc(C(=O)CN2CCC(Oc3ncnc(Oc4ccc(S(C)(=O)=O)cc4F)c3C)CC2)cc1.